The van der Waals surface area contributed by atoms with Gasteiger partial charge in [0.2, 0.25) is 0 Å². The van der Waals surface area contributed by atoms with Crippen LogP contribution in [0.1, 0.15) is 24.4 Å². The molecule has 1 fully saturated rings. The summed E-state index contributed by atoms with van der Waals surface area (Å²) < 4.78 is 53.0. The number of methoxy groups -OCH3 is 1. The predicted octanol–water partition coefficient (Wildman–Crippen LogP) is 4.63. The Morgan fingerprint density at radius 2 is 1.95 bits per heavy atom. The number of pyridine rings is 2. The Morgan fingerprint density at radius 3 is 2.67 bits per heavy atom. The third-order valence-corrected chi connectivity index (χ3v) is 7.40. The molecule has 0 aliphatic carbocycles. The molecule has 39 heavy (non-hydrogen) atoms. The fourth-order valence-electron chi connectivity index (χ4n) is 5.33. The van der Waals surface area contributed by atoms with Crippen molar-refractivity contribution in [2.75, 3.05) is 20.3 Å². The monoisotopic (exact) mass is 547 g/mol. The van der Waals surface area contributed by atoms with E-state index in [2.05, 4.69) is 24.6 Å². The van der Waals surface area contributed by atoms with Crippen LogP contribution in [-0.4, -0.2) is 43.3 Å². The number of aromatic nitrogens is 3. The normalized spacial score (nSPS) is 14.6. The molecule has 5 aromatic rings. The van der Waals surface area contributed by atoms with E-state index in [0.717, 1.165) is 29.9 Å². The van der Waals surface area contributed by atoms with Crippen LogP contribution in [-0.2, 0) is 15.2 Å². The van der Waals surface area contributed by atoms with Gasteiger partial charge in [0, 0.05) is 53.0 Å². The molecule has 0 bridgehead atoms. The van der Waals surface area contributed by atoms with Crippen molar-refractivity contribution in [2.24, 2.45) is 0 Å². The van der Waals surface area contributed by atoms with Crippen molar-refractivity contribution < 1.29 is 26.0 Å². The van der Waals surface area contributed by atoms with Gasteiger partial charge < -0.3 is 23.2 Å². The van der Waals surface area contributed by atoms with Crippen LogP contribution in [0.4, 0.5) is 3.89 Å². The molecule has 0 amide bonds. The highest BCUT2D eigenvalue weighted by molar-refractivity contribution is 7.81. The number of nitrogens with one attached hydrogen (secondary N) is 1. The van der Waals surface area contributed by atoms with Gasteiger partial charge in [-0.05, 0) is 43.2 Å². The van der Waals surface area contributed by atoms with Crippen molar-refractivity contribution in [2.45, 2.75) is 18.9 Å². The zero-order chi connectivity index (χ0) is 27.3. The second kappa shape index (κ2) is 9.41. The van der Waals surface area contributed by atoms with Gasteiger partial charge in [-0.25, -0.2) is 0 Å². The maximum atomic E-state index is 14.0. The van der Waals surface area contributed by atoms with E-state index in [1.807, 2.05) is 12.1 Å². The number of aromatic amines is 1. The van der Waals surface area contributed by atoms with Gasteiger partial charge in [-0.2, -0.15) is 8.42 Å². The maximum Gasteiger partial charge on any atom is 0.488 e. The first-order valence-corrected chi connectivity index (χ1v) is 13.4. The Hall–Kier alpha value is -4.40. The number of H-pyrrole nitrogens is 1. The number of terminal acetylenes is 1. The van der Waals surface area contributed by atoms with Crippen molar-refractivity contribution >= 4 is 43.3 Å². The summed E-state index contributed by atoms with van der Waals surface area (Å²) in [4.78, 5) is 21.4. The van der Waals surface area contributed by atoms with Crippen LogP contribution < -0.4 is 14.3 Å². The Kier molecular flexibility index (Phi) is 6.01. The summed E-state index contributed by atoms with van der Waals surface area (Å²) in [7, 11) is -3.78. The molecule has 0 unspecified atom stereocenters. The Labute approximate surface area is 222 Å². The number of nitrogens with zero attached hydrogens (tertiary/aromatic N) is 2. The molecule has 2 aromatic carbocycles. The highest BCUT2D eigenvalue weighted by Crippen LogP contribution is 2.39. The van der Waals surface area contributed by atoms with E-state index in [9.17, 15) is 17.1 Å². The molecule has 1 aliphatic rings. The van der Waals surface area contributed by atoms with Gasteiger partial charge in [0.25, 0.3) is 0 Å². The SMILES string of the molecule is C#Cc1ccc2c(c1)[nH]c1c2c(=O)c2cc(OC)c(-c3cncc(OS(=O)(=O)F)c3)cc2n1C1CCOCC1. The second-order valence-corrected chi connectivity index (χ2v) is 10.2. The van der Waals surface area contributed by atoms with Gasteiger partial charge in [-0.15, -0.1) is 6.42 Å². The summed E-state index contributed by atoms with van der Waals surface area (Å²) in [6.45, 7) is 1.15. The summed E-state index contributed by atoms with van der Waals surface area (Å²) in [5.41, 5.74) is 3.51. The molecule has 0 spiro atoms. The third kappa shape index (κ3) is 4.37. The van der Waals surface area contributed by atoms with Crippen LogP contribution in [0.3, 0.4) is 0 Å². The first kappa shape index (κ1) is 24.9. The summed E-state index contributed by atoms with van der Waals surface area (Å²) >= 11 is 0. The minimum atomic E-state index is -5.24. The Morgan fingerprint density at radius 1 is 1.15 bits per heavy atom. The number of benzene rings is 2. The van der Waals surface area contributed by atoms with Gasteiger partial charge in [0.1, 0.15) is 11.4 Å². The van der Waals surface area contributed by atoms with Crippen molar-refractivity contribution in [1.29, 1.82) is 0 Å². The van der Waals surface area contributed by atoms with E-state index in [1.54, 1.807) is 18.2 Å². The summed E-state index contributed by atoms with van der Waals surface area (Å²) in [6, 6.07) is 10.3. The molecule has 1 aliphatic heterocycles. The molecule has 1 saturated heterocycles. The number of hydrogen-bond acceptors (Lipinski definition) is 7. The van der Waals surface area contributed by atoms with Gasteiger partial charge in [-0.1, -0.05) is 15.9 Å². The number of ether oxygens (including phenoxy) is 2. The lowest BCUT2D eigenvalue weighted by atomic mass is 10.00. The van der Waals surface area contributed by atoms with Crippen LogP contribution in [0.15, 0.2) is 53.6 Å². The molecular weight excluding hydrogens is 525 g/mol. The average molecular weight is 548 g/mol. The molecule has 198 valence electrons. The highest BCUT2D eigenvalue weighted by atomic mass is 32.3. The fraction of sp³-hybridized carbons (Fsp3) is 0.214. The topological polar surface area (TPSA) is 113 Å². The van der Waals surface area contributed by atoms with E-state index in [1.165, 1.54) is 19.4 Å². The summed E-state index contributed by atoms with van der Waals surface area (Å²) in [5.74, 6) is 2.69. The Bertz CT molecular complexity index is 1980. The lowest BCUT2D eigenvalue weighted by Gasteiger charge is -2.27. The largest absolute Gasteiger partial charge is 0.496 e. The van der Waals surface area contributed by atoms with E-state index >= 15 is 0 Å². The highest BCUT2D eigenvalue weighted by Gasteiger charge is 2.25. The molecule has 11 heteroatoms. The standard InChI is InChI=1S/C28H22FN3O6S/c1-3-16-4-5-20-23(10-16)31-28-26(20)27(33)22-13-25(36-2)21(12-24(22)32(28)18-6-8-37-9-7-18)17-11-19(15-30-14-17)38-39(29,34)35/h1,4-5,10-15,18,31H,6-9H2,2H3. The number of halogens is 1. The van der Waals surface area contributed by atoms with Crippen LogP contribution in [0.5, 0.6) is 11.5 Å². The van der Waals surface area contributed by atoms with Crippen molar-refractivity contribution in [3.63, 3.8) is 0 Å². The van der Waals surface area contributed by atoms with Crippen LogP contribution in [0.2, 0.25) is 0 Å². The zero-order valence-corrected chi connectivity index (χ0v) is 21.5. The van der Waals surface area contributed by atoms with Crippen LogP contribution >= 0.6 is 0 Å². The molecule has 3 aromatic heterocycles. The molecule has 1 N–H and O–H groups in total. The van der Waals surface area contributed by atoms with Gasteiger partial charge in [0.05, 0.1) is 29.6 Å². The summed E-state index contributed by atoms with van der Waals surface area (Å²) in [5, 5.41) is 1.76. The van der Waals surface area contributed by atoms with Gasteiger partial charge >= 0.3 is 10.5 Å². The quantitative estimate of drug-likeness (QED) is 0.252. The molecule has 4 heterocycles. The van der Waals surface area contributed by atoms with Gasteiger partial charge in [0.15, 0.2) is 11.2 Å². The lowest BCUT2D eigenvalue weighted by molar-refractivity contribution is 0.0715. The lowest BCUT2D eigenvalue weighted by Crippen LogP contribution is -2.22. The van der Waals surface area contributed by atoms with E-state index in [4.69, 9.17) is 15.9 Å². The molecule has 6 rings (SSSR count). The number of rotatable bonds is 5. The number of hydrogen-bond donors (Lipinski definition) is 1. The Balaban J connectivity index is 1.69. The molecule has 9 nitrogen and oxygen atoms in total. The molecular formula is C28H22FN3O6S. The minimum absolute atomic E-state index is 0.0234. The first-order chi connectivity index (χ1) is 18.8. The maximum absolute atomic E-state index is 14.0. The van der Waals surface area contributed by atoms with E-state index in [0.29, 0.717) is 57.6 Å². The van der Waals surface area contributed by atoms with Crippen molar-refractivity contribution in [3.05, 3.63) is 64.6 Å². The zero-order valence-electron chi connectivity index (χ0n) is 20.7. The van der Waals surface area contributed by atoms with Crippen LogP contribution in [0.25, 0.3) is 44.0 Å². The van der Waals surface area contributed by atoms with Crippen molar-refractivity contribution in [3.8, 4) is 35.0 Å². The third-order valence-electron chi connectivity index (χ3n) is 7.01. The minimum Gasteiger partial charge on any atom is -0.496 e. The fourth-order valence-corrected chi connectivity index (χ4v) is 5.65. The smallest absolute Gasteiger partial charge is 0.488 e. The number of fused-ring (bicyclic) bond motifs is 4. The van der Waals surface area contributed by atoms with Crippen molar-refractivity contribution in [1.82, 2.24) is 14.5 Å². The summed E-state index contributed by atoms with van der Waals surface area (Å²) in [6.07, 6.45) is 9.65. The predicted molar refractivity (Wildman–Crippen MR) is 145 cm³/mol. The molecule has 0 atom stereocenters. The first-order valence-electron chi connectivity index (χ1n) is 12.1. The van der Waals surface area contributed by atoms with Crippen LogP contribution in [0, 0.1) is 12.3 Å². The second-order valence-electron chi connectivity index (χ2n) is 9.25. The van der Waals surface area contributed by atoms with Gasteiger partial charge in [-0.3, -0.25) is 9.78 Å². The average Bonchev–Trinajstić information content (AvgIpc) is 3.31. The van der Waals surface area contributed by atoms with E-state index < -0.39 is 10.5 Å². The molecule has 0 saturated carbocycles. The molecule has 0 radical (unpaired) electrons. The van der Waals surface area contributed by atoms with E-state index in [-0.39, 0.29) is 17.2 Å².